The van der Waals surface area contributed by atoms with Gasteiger partial charge >= 0.3 is 0 Å². The second-order valence-corrected chi connectivity index (χ2v) is 5.14. The standard InChI is InChI=1S/C16H12FN5O3/c1-20(12-3-5-13(6-4-12)22(24)25)16(23)11-2-7-15(14(17)8-11)21-10-18-9-19-21/h2-10H,1H3. The summed E-state index contributed by atoms with van der Waals surface area (Å²) in [5.41, 5.74) is 0.693. The lowest BCUT2D eigenvalue weighted by molar-refractivity contribution is -0.384. The quantitative estimate of drug-likeness (QED) is 0.537. The first-order chi connectivity index (χ1) is 12.0. The van der Waals surface area contributed by atoms with E-state index in [0.29, 0.717) is 5.69 Å². The number of hydrogen-bond acceptors (Lipinski definition) is 5. The number of nitro groups is 1. The molecule has 1 aromatic heterocycles. The van der Waals surface area contributed by atoms with E-state index in [2.05, 4.69) is 10.1 Å². The number of aromatic nitrogens is 3. The van der Waals surface area contributed by atoms with Crippen molar-refractivity contribution in [1.82, 2.24) is 14.8 Å². The van der Waals surface area contributed by atoms with Gasteiger partial charge in [0, 0.05) is 30.4 Å². The minimum absolute atomic E-state index is 0.0761. The van der Waals surface area contributed by atoms with Crippen LogP contribution in [0.4, 0.5) is 15.8 Å². The number of amides is 1. The van der Waals surface area contributed by atoms with Crippen molar-refractivity contribution in [1.29, 1.82) is 0 Å². The highest BCUT2D eigenvalue weighted by atomic mass is 19.1. The molecule has 0 atom stereocenters. The van der Waals surface area contributed by atoms with Crippen LogP contribution in [0.15, 0.2) is 55.1 Å². The highest BCUT2D eigenvalue weighted by Gasteiger charge is 2.17. The van der Waals surface area contributed by atoms with Gasteiger partial charge in [-0.15, -0.1) is 0 Å². The molecule has 1 heterocycles. The monoisotopic (exact) mass is 341 g/mol. The zero-order valence-corrected chi connectivity index (χ0v) is 13.0. The van der Waals surface area contributed by atoms with Crippen molar-refractivity contribution in [2.24, 2.45) is 0 Å². The highest BCUT2D eigenvalue weighted by molar-refractivity contribution is 6.05. The number of nitro benzene ring substituents is 1. The SMILES string of the molecule is CN(C(=O)c1ccc(-n2cncn2)c(F)c1)c1ccc([N+](=O)[O-])cc1. The van der Waals surface area contributed by atoms with Crippen molar-refractivity contribution in [2.45, 2.75) is 0 Å². The Bertz CT molecular complexity index is 925. The van der Waals surface area contributed by atoms with Crippen molar-refractivity contribution in [3.63, 3.8) is 0 Å². The second kappa shape index (κ2) is 6.48. The summed E-state index contributed by atoms with van der Waals surface area (Å²) < 4.78 is 15.5. The molecule has 0 radical (unpaired) electrons. The fourth-order valence-corrected chi connectivity index (χ4v) is 2.27. The third-order valence-electron chi connectivity index (χ3n) is 3.61. The maximum atomic E-state index is 14.2. The van der Waals surface area contributed by atoms with E-state index in [1.807, 2.05) is 0 Å². The summed E-state index contributed by atoms with van der Waals surface area (Å²) in [4.78, 5) is 27.7. The van der Waals surface area contributed by atoms with Crippen molar-refractivity contribution >= 4 is 17.3 Å². The molecule has 0 spiro atoms. The van der Waals surface area contributed by atoms with E-state index in [0.717, 1.165) is 6.07 Å². The fraction of sp³-hybridized carbons (Fsp3) is 0.0625. The van der Waals surface area contributed by atoms with Gasteiger partial charge in [0.2, 0.25) is 0 Å². The Balaban J connectivity index is 1.85. The van der Waals surface area contributed by atoms with Crippen LogP contribution in [-0.2, 0) is 0 Å². The van der Waals surface area contributed by atoms with Crippen molar-refractivity contribution < 1.29 is 14.1 Å². The van der Waals surface area contributed by atoms with E-state index in [1.165, 1.54) is 65.7 Å². The molecule has 0 aliphatic carbocycles. The summed E-state index contributed by atoms with van der Waals surface area (Å²) in [5, 5.41) is 14.5. The van der Waals surface area contributed by atoms with Gasteiger partial charge in [-0.05, 0) is 30.3 Å². The topological polar surface area (TPSA) is 94.2 Å². The highest BCUT2D eigenvalue weighted by Crippen LogP contribution is 2.21. The molecule has 2 aromatic carbocycles. The van der Waals surface area contributed by atoms with Crippen LogP contribution in [0.1, 0.15) is 10.4 Å². The van der Waals surface area contributed by atoms with E-state index in [1.54, 1.807) is 0 Å². The van der Waals surface area contributed by atoms with Crippen LogP contribution in [0.5, 0.6) is 0 Å². The molecule has 1 amide bonds. The third kappa shape index (κ3) is 3.20. The Morgan fingerprint density at radius 3 is 2.52 bits per heavy atom. The van der Waals surface area contributed by atoms with Crippen LogP contribution in [0, 0.1) is 15.9 Å². The number of hydrogen-bond donors (Lipinski definition) is 0. The number of non-ortho nitro benzene ring substituents is 1. The van der Waals surface area contributed by atoms with Gasteiger partial charge in [0.1, 0.15) is 24.2 Å². The van der Waals surface area contributed by atoms with Gasteiger partial charge < -0.3 is 4.90 Å². The predicted octanol–water partition coefficient (Wildman–Crippen LogP) is 2.59. The number of rotatable bonds is 4. The molecule has 8 nitrogen and oxygen atoms in total. The lowest BCUT2D eigenvalue weighted by Gasteiger charge is -2.17. The molecule has 0 bridgehead atoms. The summed E-state index contributed by atoms with van der Waals surface area (Å²) in [6.07, 6.45) is 2.63. The average Bonchev–Trinajstić information content (AvgIpc) is 3.14. The largest absolute Gasteiger partial charge is 0.311 e. The van der Waals surface area contributed by atoms with Crippen LogP contribution < -0.4 is 4.90 Å². The zero-order chi connectivity index (χ0) is 18.0. The molecule has 0 aliphatic rings. The van der Waals surface area contributed by atoms with Crippen LogP contribution in [-0.4, -0.2) is 32.6 Å². The minimum atomic E-state index is -0.617. The zero-order valence-electron chi connectivity index (χ0n) is 13.0. The van der Waals surface area contributed by atoms with E-state index in [4.69, 9.17) is 0 Å². The van der Waals surface area contributed by atoms with E-state index < -0.39 is 16.6 Å². The number of halogens is 1. The molecule has 126 valence electrons. The molecule has 3 aromatic rings. The second-order valence-electron chi connectivity index (χ2n) is 5.14. The van der Waals surface area contributed by atoms with Crippen LogP contribution >= 0.6 is 0 Å². The first-order valence-electron chi connectivity index (χ1n) is 7.14. The number of carbonyl (C=O) groups excluding carboxylic acids is 1. The molecular formula is C16H12FN5O3. The van der Waals surface area contributed by atoms with Crippen LogP contribution in [0.25, 0.3) is 5.69 Å². The molecular weight excluding hydrogens is 329 g/mol. The predicted molar refractivity (Wildman–Crippen MR) is 87.1 cm³/mol. The average molecular weight is 341 g/mol. The minimum Gasteiger partial charge on any atom is -0.311 e. The van der Waals surface area contributed by atoms with Gasteiger partial charge in [-0.2, -0.15) is 5.10 Å². The van der Waals surface area contributed by atoms with E-state index in [-0.39, 0.29) is 16.9 Å². The molecule has 0 unspecified atom stereocenters. The van der Waals surface area contributed by atoms with Gasteiger partial charge in [0.25, 0.3) is 11.6 Å². The summed E-state index contributed by atoms with van der Waals surface area (Å²) in [6, 6.07) is 9.53. The third-order valence-corrected chi connectivity index (χ3v) is 3.61. The molecule has 0 fully saturated rings. The lowest BCUT2D eigenvalue weighted by atomic mass is 10.1. The summed E-state index contributed by atoms with van der Waals surface area (Å²) in [7, 11) is 1.51. The first-order valence-corrected chi connectivity index (χ1v) is 7.14. The Hall–Kier alpha value is -3.62. The van der Waals surface area contributed by atoms with Gasteiger partial charge in [-0.25, -0.2) is 14.1 Å². The number of benzene rings is 2. The maximum Gasteiger partial charge on any atom is 0.269 e. The fourth-order valence-electron chi connectivity index (χ4n) is 2.27. The molecule has 25 heavy (non-hydrogen) atoms. The van der Waals surface area contributed by atoms with Crippen molar-refractivity contribution in [3.05, 3.63) is 76.6 Å². The molecule has 0 saturated carbocycles. The number of anilines is 1. The van der Waals surface area contributed by atoms with Crippen molar-refractivity contribution in [3.8, 4) is 5.69 Å². The van der Waals surface area contributed by atoms with Gasteiger partial charge in [-0.1, -0.05) is 0 Å². The normalized spacial score (nSPS) is 10.5. The maximum absolute atomic E-state index is 14.2. The molecule has 0 N–H and O–H groups in total. The van der Waals surface area contributed by atoms with Crippen molar-refractivity contribution in [2.75, 3.05) is 11.9 Å². The van der Waals surface area contributed by atoms with Gasteiger partial charge in [-0.3, -0.25) is 14.9 Å². The first kappa shape index (κ1) is 16.2. The Labute approximate surface area is 141 Å². The molecule has 3 rings (SSSR count). The number of carbonyl (C=O) groups is 1. The molecule has 0 aliphatic heterocycles. The van der Waals surface area contributed by atoms with E-state index in [9.17, 15) is 19.3 Å². The number of nitrogens with zero attached hydrogens (tertiary/aromatic N) is 5. The smallest absolute Gasteiger partial charge is 0.269 e. The Morgan fingerprint density at radius 2 is 1.96 bits per heavy atom. The Morgan fingerprint density at radius 1 is 1.24 bits per heavy atom. The van der Waals surface area contributed by atoms with Crippen LogP contribution in [0.2, 0.25) is 0 Å². The van der Waals surface area contributed by atoms with Gasteiger partial charge in [0.05, 0.1) is 4.92 Å². The van der Waals surface area contributed by atoms with E-state index >= 15 is 0 Å². The summed E-state index contributed by atoms with van der Waals surface area (Å²) in [6.45, 7) is 0. The summed E-state index contributed by atoms with van der Waals surface area (Å²) in [5.74, 6) is -1.06. The molecule has 9 heteroatoms. The molecule has 0 saturated heterocycles. The summed E-state index contributed by atoms with van der Waals surface area (Å²) >= 11 is 0. The van der Waals surface area contributed by atoms with Crippen LogP contribution in [0.3, 0.4) is 0 Å². The van der Waals surface area contributed by atoms with Gasteiger partial charge in [0.15, 0.2) is 0 Å². The lowest BCUT2D eigenvalue weighted by Crippen LogP contribution is -2.26. The Kier molecular flexibility index (Phi) is 4.21.